The van der Waals surface area contributed by atoms with Gasteiger partial charge in [-0.25, -0.2) is 0 Å². The third-order valence-corrected chi connectivity index (χ3v) is 5.50. The molecule has 0 spiro atoms. The number of nitrogens with one attached hydrogen (secondary N) is 1. The van der Waals surface area contributed by atoms with Crippen LogP contribution in [0.1, 0.15) is 42.1 Å². The molecule has 3 heterocycles. The molecule has 1 aromatic heterocycles. The summed E-state index contributed by atoms with van der Waals surface area (Å²) in [5.74, 6) is 1.34. The maximum atomic E-state index is 13.3. The molecule has 8 heteroatoms. The van der Waals surface area contributed by atoms with E-state index >= 15 is 0 Å². The van der Waals surface area contributed by atoms with Crippen LogP contribution in [-0.4, -0.2) is 47.6 Å². The average molecular weight is 454 g/mol. The molecule has 2 saturated heterocycles. The van der Waals surface area contributed by atoms with E-state index in [4.69, 9.17) is 9.47 Å². The quantitative estimate of drug-likeness (QED) is 0.718. The lowest BCUT2D eigenvalue weighted by molar-refractivity contribution is 0.0679. The summed E-state index contributed by atoms with van der Waals surface area (Å²) in [4.78, 5) is 19.4. The topological polar surface area (TPSA) is 63.7 Å². The minimum atomic E-state index is 0. The molecule has 1 N–H and O–H groups in total. The number of ether oxygens (including phenoxy) is 2. The summed E-state index contributed by atoms with van der Waals surface area (Å²) in [7, 11) is 0. The highest BCUT2D eigenvalue weighted by molar-refractivity contribution is 5.95. The summed E-state index contributed by atoms with van der Waals surface area (Å²) in [6.45, 7) is 4.71. The smallest absolute Gasteiger partial charge is 0.254 e. The zero-order valence-corrected chi connectivity index (χ0v) is 18.7. The van der Waals surface area contributed by atoms with Gasteiger partial charge in [-0.15, -0.1) is 24.8 Å². The number of rotatable bonds is 6. The van der Waals surface area contributed by atoms with Crippen LogP contribution in [0.4, 0.5) is 0 Å². The molecule has 2 fully saturated rings. The predicted molar refractivity (Wildman–Crippen MR) is 121 cm³/mol. The summed E-state index contributed by atoms with van der Waals surface area (Å²) >= 11 is 0. The van der Waals surface area contributed by atoms with E-state index in [0.717, 1.165) is 37.9 Å². The van der Waals surface area contributed by atoms with Gasteiger partial charge in [-0.1, -0.05) is 6.07 Å². The summed E-state index contributed by atoms with van der Waals surface area (Å²) in [6.07, 6.45) is 6.71. The van der Waals surface area contributed by atoms with Crippen molar-refractivity contribution in [3.05, 3.63) is 53.9 Å². The normalized spacial score (nSPS) is 19.8. The number of amides is 1. The molecule has 2 aliphatic rings. The molecule has 2 aromatic rings. The van der Waals surface area contributed by atoms with Crippen molar-refractivity contribution < 1.29 is 14.3 Å². The van der Waals surface area contributed by atoms with Crippen LogP contribution < -0.4 is 14.8 Å². The van der Waals surface area contributed by atoms with Gasteiger partial charge in [0.25, 0.3) is 5.91 Å². The van der Waals surface area contributed by atoms with Crippen molar-refractivity contribution in [1.82, 2.24) is 15.2 Å². The molecule has 0 saturated carbocycles. The zero-order valence-electron chi connectivity index (χ0n) is 17.1. The van der Waals surface area contributed by atoms with E-state index in [1.807, 2.05) is 37.3 Å². The summed E-state index contributed by atoms with van der Waals surface area (Å²) in [5, 5.41) is 3.44. The van der Waals surface area contributed by atoms with E-state index in [0.29, 0.717) is 36.3 Å². The molecule has 2 bridgehead atoms. The second kappa shape index (κ2) is 11.4. The predicted octanol–water partition coefficient (Wildman–Crippen LogP) is 3.87. The Morgan fingerprint density at radius 3 is 2.73 bits per heavy atom. The molecule has 2 atom stereocenters. The van der Waals surface area contributed by atoms with Crippen LogP contribution in [0.2, 0.25) is 0 Å². The Bertz CT molecular complexity index is 809. The van der Waals surface area contributed by atoms with Crippen molar-refractivity contribution in [1.29, 1.82) is 0 Å². The van der Waals surface area contributed by atoms with Gasteiger partial charge < -0.3 is 19.7 Å². The molecule has 1 aromatic carbocycles. The fraction of sp³-hybridized carbons (Fsp3) is 0.455. The highest BCUT2D eigenvalue weighted by atomic mass is 35.5. The average Bonchev–Trinajstić information content (AvgIpc) is 3.00. The molecule has 30 heavy (non-hydrogen) atoms. The Labute approximate surface area is 190 Å². The first-order chi connectivity index (χ1) is 13.8. The number of fused-ring (bicyclic) bond motifs is 2. The van der Waals surface area contributed by atoms with Crippen LogP contribution in [0, 0.1) is 0 Å². The van der Waals surface area contributed by atoms with Crippen molar-refractivity contribution in [3.63, 3.8) is 0 Å². The standard InChI is InChI=1S/C22H27N3O3.2ClH/c1-2-27-21-12-17(5-8-20(21)28-15-16-4-3-10-23-13-16)22(26)25-18-6-7-19(25)14-24-11-9-18;;/h3-5,8,10,12-13,18-19,24H,2,6-7,9,11,14-15H2,1H3;2*1H. The molecule has 1 amide bonds. The second-order valence-electron chi connectivity index (χ2n) is 7.33. The van der Waals surface area contributed by atoms with Crippen LogP contribution in [0.25, 0.3) is 0 Å². The van der Waals surface area contributed by atoms with Gasteiger partial charge in [0, 0.05) is 42.1 Å². The number of halogens is 2. The lowest BCUT2D eigenvalue weighted by Gasteiger charge is -2.28. The van der Waals surface area contributed by atoms with E-state index in [-0.39, 0.29) is 36.8 Å². The van der Waals surface area contributed by atoms with Crippen molar-refractivity contribution in [2.45, 2.75) is 44.9 Å². The Hall–Kier alpha value is -2.02. The second-order valence-corrected chi connectivity index (χ2v) is 7.33. The lowest BCUT2D eigenvalue weighted by Crippen LogP contribution is -2.42. The van der Waals surface area contributed by atoms with E-state index in [1.165, 1.54) is 0 Å². The first-order valence-electron chi connectivity index (χ1n) is 10.1. The number of hydrogen-bond donors (Lipinski definition) is 1. The van der Waals surface area contributed by atoms with Crippen LogP contribution >= 0.6 is 24.8 Å². The van der Waals surface area contributed by atoms with Crippen molar-refractivity contribution >= 4 is 30.7 Å². The van der Waals surface area contributed by atoms with Gasteiger partial charge in [0.2, 0.25) is 0 Å². The van der Waals surface area contributed by atoms with E-state index in [9.17, 15) is 4.79 Å². The molecule has 0 aliphatic carbocycles. The lowest BCUT2D eigenvalue weighted by atomic mass is 10.1. The molecule has 0 radical (unpaired) electrons. The van der Waals surface area contributed by atoms with Gasteiger partial charge in [0.05, 0.1) is 6.61 Å². The molecular weight excluding hydrogens is 425 g/mol. The van der Waals surface area contributed by atoms with Crippen molar-refractivity contribution in [2.24, 2.45) is 0 Å². The Balaban J connectivity index is 0.00000160. The Kier molecular flexibility index (Phi) is 9.21. The van der Waals surface area contributed by atoms with Gasteiger partial charge in [-0.2, -0.15) is 0 Å². The van der Waals surface area contributed by atoms with Gasteiger partial charge >= 0.3 is 0 Å². The number of carbonyl (C=O) groups is 1. The van der Waals surface area contributed by atoms with Crippen molar-refractivity contribution in [2.75, 3.05) is 19.7 Å². The SMILES string of the molecule is CCOc1cc(C(=O)N2C3CCNCC2CC3)ccc1OCc1cccnc1.Cl.Cl. The number of benzene rings is 1. The summed E-state index contributed by atoms with van der Waals surface area (Å²) in [6, 6.07) is 9.99. The maximum absolute atomic E-state index is 13.3. The highest BCUT2D eigenvalue weighted by Crippen LogP contribution is 2.33. The first-order valence-corrected chi connectivity index (χ1v) is 10.1. The van der Waals surface area contributed by atoms with Crippen LogP contribution in [-0.2, 0) is 6.61 Å². The third-order valence-electron chi connectivity index (χ3n) is 5.50. The molecule has 4 rings (SSSR count). The number of pyridine rings is 1. The van der Waals surface area contributed by atoms with E-state index < -0.39 is 0 Å². The van der Waals surface area contributed by atoms with Gasteiger partial charge in [-0.3, -0.25) is 9.78 Å². The van der Waals surface area contributed by atoms with Gasteiger partial charge in [0.1, 0.15) is 6.61 Å². The zero-order chi connectivity index (χ0) is 19.3. The Morgan fingerprint density at radius 2 is 1.97 bits per heavy atom. The minimum absolute atomic E-state index is 0. The molecule has 2 aliphatic heterocycles. The monoisotopic (exact) mass is 453 g/mol. The maximum Gasteiger partial charge on any atom is 0.254 e. The van der Waals surface area contributed by atoms with Crippen LogP contribution in [0.5, 0.6) is 11.5 Å². The van der Waals surface area contributed by atoms with Crippen molar-refractivity contribution in [3.8, 4) is 11.5 Å². The number of carbonyl (C=O) groups excluding carboxylic acids is 1. The Morgan fingerprint density at radius 1 is 1.13 bits per heavy atom. The summed E-state index contributed by atoms with van der Waals surface area (Å²) < 4.78 is 11.7. The number of nitrogens with zero attached hydrogens (tertiary/aromatic N) is 2. The number of hydrogen-bond acceptors (Lipinski definition) is 5. The van der Waals surface area contributed by atoms with Gasteiger partial charge in [0.15, 0.2) is 11.5 Å². The molecular formula is C22H29Cl2N3O3. The summed E-state index contributed by atoms with van der Waals surface area (Å²) in [5.41, 5.74) is 1.65. The van der Waals surface area contributed by atoms with Gasteiger partial charge in [-0.05, 0) is 57.0 Å². The highest BCUT2D eigenvalue weighted by Gasteiger charge is 2.38. The van der Waals surface area contributed by atoms with E-state index in [1.54, 1.807) is 12.4 Å². The van der Waals surface area contributed by atoms with Crippen LogP contribution in [0.15, 0.2) is 42.7 Å². The largest absolute Gasteiger partial charge is 0.490 e. The molecule has 164 valence electrons. The minimum Gasteiger partial charge on any atom is -0.490 e. The molecule has 6 nitrogen and oxygen atoms in total. The molecule has 2 unspecified atom stereocenters. The van der Waals surface area contributed by atoms with Crippen LogP contribution in [0.3, 0.4) is 0 Å². The fourth-order valence-electron chi connectivity index (χ4n) is 4.14. The van der Waals surface area contributed by atoms with E-state index in [2.05, 4.69) is 15.2 Å². The third kappa shape index (κ3) is 5.36. The first kappa shape index (κ1) is 24.3. The number of aromatic nitrogens is 1. The fourth-order valence-corrected chi connectivity index (χ4v) is 4.14.